The van der Waals surface area contributed by atoms with Crippen LogP contribution in [0.4, 0.5) is 5.69 Å². The predicted molar refractivity (Wildman–Crippen MR) is 141 cm³/mol. The van der Waals surface area contributed by atoms with Crippen LogP contribution in [0.25, 0.3) is 11.0 Å². The standard InChI is InChI=1S/C24H32N6O5S.Na.H2O/c1-5-34-23(31)15-29-21-14-18(30(36(4,32)33)13-12-28(2)3)8-11-20(21)27-22(29)16-35-19-9-6-17(7-10-19)24(25)26;;/h6-11,14H,5,12-13,15-16H2,1-4H3,(H3,25,26);;1H2/q;+1;/p-1. The zero-order chi connectivity index (χ0) is 26.5. The molecule has 0 saturated carbocycles. The number of carbonyl (C=O) groups is 1. The minimum atomic E-state index is -3.54. The average Bonchev–Trinajstić information content (AvgIpc) is 3.13. The molecule has 0 atom stereocenters. The molecule has 202 valence electrons. The first-order valence-corrected chi connectivity index (χ1v) is 13.2. The molecule has 0 saturated heterocycles. The van der Waals surface area contributed by atoms with E-state index in [-0.39, 0.29) is 67.2 Å². The Labute approximate surface area is 244 Å². The summed E-state index contributed by atoms with van der Waals surface area (Å²) in [5, 5.41) is 7.50. The van der Waals surface area contributed by atoms with Gasteiger partial charge in [0, 0.05) is 18.7 Å². The van der Waals surface area contributed by atoms with Crippen molar-refractivity contribution in [3.63, 3.8) is 0 Å². The number of nitrogens with one attached hydrogen (secondary N) is 1. The number of nitrogens with two attached hydrogens (primary N) is 1. The Morgan fingerprint density at radius 2 is 1.79 bits per heavy atom. The van der Waals surface area contributed by atoms with E-state index < -0.39 is 16.0 Å². The van der Waals surface area contributed by atoms with E-state index >= 15 is 0 Å². The van der Waals surface area contributed by atoms with Crippen LogP contribution in [0.5, 0.6) is 5.75 Å². The number of nitrogen functional groups attached to an aromatic ring is 1. The van der Waals surface area contributed by atoms with Crippen LogP contribution >= 0.6 is 0 Å². The van der Waals surface area contributed by atoms with Crippen LogP contribution < -0.4 is 44.3 Å². The maximum atomic E-state index is 12.5. The fraction of sp³-hybridized carbons (Fsp3) is 0.375. The average molecular weight is 557 g/mol. The van der Waals surface area contributed by atoms with Gasteiger partial charge < -0.3 is 30.2 Å². The Kier molecular flexibility index (Phi) is 12.7. The minimum Gasteiger partial charge on any atom is -0.870 e. The molecule has 4 N–H and O–H groups in total. The predicted octanol–water partition coefficient (Wildman–Crippen LogP) is -1.38. The molecule has 0 radical (unpaired) electrons. The zero-order valence-corrected chi connectivity index (χ0v) is 25.2. The second kappa shape index (κ2) is 14.5. The molecule has 0 bridgehead atoms. The first-order valence-electron chi connectivity index (χ1n) is 11.3. The molecule has 0 aliphatic heterocycles. The number of benzene rings is 2. The number of hydrogen-bond acceptors (Lipinski definition) is 9. The Bertz CT molecular complexity index is 1340. The Hall–Kier alpha value is -2.68. The largest absolute Gasteiger partial charge is 1.00 e. The molecule has 12 nitrogen and oxygen atoms in total. The molecule has 0 amide bonds. The summed E-state index contributed by atoms with van der Waals surface area (Å²) in [5.41, 5.74) is 7.73. The summed E-state index contributed by atoms with van der Waals surface area (Å²) in [6, 6.07) is 11.9. The zero-order valence-electron chi connectivity index (χ0n) is 22.3. The van der Waals surface area contributed by atoms with E-state index in [1.165, 1.54) is 10.6 Å². The molecule has 0 aliphatic carbocycles. The van der Waals surface area contributed by atoms with Crippen molar-refractivity contribution in [1.29, 1.82) is 5.41 Å². The third-order valence-corrected chi connectivity index (χ3v) is 6.57. The molecule has 0 aliphatic rings. The van der Waals surface area contributed by atoms with Crippen molar-refractivity contribution in [2.45, 2.75) is 20.1 Å². The Morgan fingerprint density at radius 1 is 1.13 bits per heavy atom. The first kappa shape index (κ1) is 33.3. The van der Waals surface area contributed by atoms with Crippen LogP contribution in [-0.4, -0.2) is 80.2 Å². The van der Waals surface area contributed by atoms with E-state index in [1.807, 2.05) is 19.0 Å². The molecule has 0 spiro atoms. The fourth-order valence-electron chi connectivity index (χ4n) is 3.59. The second-order valence-electron chi connectivity index (χ2n) is 8.46. The van der Waals surface area contributed by atoms with Crippen LogP contribution in [-0.2, 0) is 32.7 Å². The fourth-order valence-corrected chi connectivity index (χ4v) is 4.50. The number of fused-ring (bicyclic) bond motifs is 1. The summed E-state index contributed by atoms with van der Waals surface area (Å²) in [5.74, 6) is 0.538. The van der Waals surface area contributed by atoms with Gasteiger partial charge in [-0.2, -0.15) is 0 Å². The minimum absolute atomic E-state index is 0. The third kappa shape index (κ3) is 8.68. The molecule has 38 heavy (non-hydrogen) atoms. The van der Waals surface area contributed by atoms with Gasteiger partial charge in [-0.25, -0.2) is 13.4 Å². The third-order valence-electron chi connectivity index (χ3n) is 5.38. The summed E-state index contributed by atoms with van der Waals surface area (Å²) in [6.07, 6.45) is 1.17. The number of anilines is 1. The number of likely N-dealkylation sites (N-methyl/N-ethyl adjacent to an activating group) is 1. The number of nitrogens with zero attached hydrogens (tertiary/aromatic N) is 4. The van der Waals surface area contributed by atoms with Crippen molar-refractivity contribution in [3.8, 4) is 5.75 Å². The number of amidine groups is 1. The van der Waals surface area contributed by atoms with Crippen LogP contribution in [0.3, 0.4) is 0 Å². The molecule has 2 aromatic carbocycles. The summed E-state index contributed by atoms with van der Waals surface area (Å²) in [7, 11) is 0.207. The van der Waals surface area contributed by atoms with Crippen molar-refractivity contribution in [2.24, 2.45) is 5.73 Å². The van der Waals surface area contributed by atoms with Gasteiger partial charge in [0.15, 0.2) is 0 Å². The molecule has 1 aromatic heterocycles. The number of imidazole rings is 1. The van der Waals surface area contributed by atoms with Gasteiger partial charge in [-0.15, -0.1) is 0 Å². The number of hydrogen-bond donors (Lipinski definition) is 2. The van der Waals surface area contributed by atoms with Crippen LogP contribution in [0.1, 0.15) is 18.3 Å². The maximum Gasteiger partial charge on any atom is 1.00 e. The van der Waals surface area contributed by atoms with Gasteiger partial charge >= 0.3 is 35.5 Å². The van der Waals surface area contributed by atoms with Gasteiger partial charge in [0.25, 0.3) is 0 Å². The molecule has 3 rings (SSSR count). The smallest absolute Gasteiger partial charge is 0.870 e. The summed E-state index contributed by atoms with van der Waals surface area (Å²) in [4.78, 5) is 18.9. The first-order chi connectivity index (χ1) is 17.0. The summed E-state index contributed by atoms with van der Waals surface area (Å²) in [6.45, 7) is 2.72. The topological polar surface area (TPSA) is 174 Å². The van der Waals surface area contributed by atoms with Crippen LogP contribution in [0.2, 0.25) is 0 Å². The van der Waals surface area contributed by atoms with Crippen molar-refractivity contribution in [2.75, 3.05) is 44.4 Å². The number of sulfonamides is 1. The normalized spacial score (nSPS) is 11.0. The van der Waals surface area contributed by atoms with Crippen LogP contribution in [0, 0.1) is 5.41 Å². The quantitative estimate of drug-likeness (QED) is 0.118. The molecule has 0 unspecified atom stereocenters. The van der Waals surface area contributed by atoms with Crippen molar-refractivity contribution < 1.29 is 57.7 Å². The van der Waals surface area contributed by atoms with Gasteiger partial charge in [0.2, 0.25) is 10.0 Å². The van der Waals surface area contributed by atoms with Gasteiger partial charge in [0.1, 0.15) is 30.6 Å². The van der Waals surface area contributed by atoms with Crippen LogP contribution in [0.15, 0.2) is 42.5 Å². The number of aromatic nitrogens is 2. The van der Waals surface area contributed by atoms with Crippen molar-refractivity contribution >= 4 is 38.5 Å². The van der Waals surface area contributed by atoms with E-state index in [2.05, 4.69) is 4.98 Å². The summed E-state index contributed by atoms with van der Waals surface area (Å²) >= 11 is 0. The number of rotatable bonds is 12. The van der Waals surface area contributed by atoms with Gasteiger partial charge in [-0.3, -0.25) is 14.5 Å². The Balaban J connectivity index is 0.00000361. The van der Waals surface area contributed by atoms with Gasteiger partial charge in [-0.1, -0.05) is 0 Å². The molecule has 0 fully saturated rings. The van der Waals surface area contributed by atoms with Crippen molar-refractivity contribution in [3.05, 3.63) is 53.9 Å². The van der Waals surface area contributed by atoms with E-state index in [4.69, 9.17) is 20.6 Å². The van der Waals surface area contributed by atoms with E-state index in [9.17, 15) is 13.2 Å². The molecule has 1 heterocycles. The van der Waals surface area contributed by atoms with E-state index in [0.29, 0.717) is 40.4 Å². The SMILES string of the molecule is CCOC(=O)Cn1c(COc2ccc(C(=N)N)cc2)nc2ccc(N(CCN(C)C)S(C)(=O)=O)cc21.[Na+].[OH-]. The monoisotopic (exact) mass is 556 g/mol. The molecule has 14 heteroatoms. The van der Waals surface area contributed by atoms with Crippen molar-refractivity contribution in [1.82, 2.24) is 14.5 Å². The second-order valence-corrected chi connectivity index (χ2v) is 10.4. The molecule has 3 aromatic rings. The summed E-state index contributed by atoms with van der Waals surface area (Å²) < 4.78 is 39.1. The maximum absolute atomic E-state index is 12.5. The van der Waals surface area contributed by atoms with E-state index in [0.717, 1.165) is 0 Å². The molecular weight excluding hydrogens is 523 g/mol. The Morgan fingerprint density at radius 3 is 2.34 bits per heavy atom. The van der Waals surface area contributed by atoms with Gasteiger partial charge in [-0.05, 0) is 63.5 Å². The number of carbonyl (C=O) groups excluding carboxylic acids is 1. The van der Waals surface area contributed by atoms with E-state index in [1.54, 1.807) is 54.0 Å². The molecular formula is C24H33N6NaO6S. The number of ether oxygens (including phenoxy) is 2. The van der Waals surface area contributed by atoms with Gasteiger partial charge in [0.05, 0.1) is 29.6 Å². The number of esters is 1.